The lowest BCUT2D eigenvalue weighted by atomic mass is 10.2. The number of ether oxygens (including phenoxy) is 3. The van der Waals surface area contributed by atoms with Gasteiger partial charge in [0, 0.05) is 69.4 Å². The normalized spacial score (nSPS) is 12.0. The Labute approximate surface area is 281 Å². The number of thiol groups is 1. The maximum Gasteiger partial charge on any atom is 0.253 e. The number of unbranched alkanes of at least 4 members (excludes halogenated alkanes) is 4. The molecule has 0 unspecified atom stereocenters. The van der Waals surface area contributed by atoms with E-state index in [0.29, 0.717) is 52.4 Å². The Morgan fingerprint density at radius 1 is 0.956 bits per heavy atom. The summed E-state index contributed by atoms with van der Waals surface area (Å²) < 4.78 is 16.1. The van der Waals surface area contributed by atoms with Gasteiger partial charge in [0.05, 0.1) is 26.9 Å². The molecule has 0 aromatic rings. The molecule has 0 spiro atoms. The Hall–Kier alpha value is -2.21. The highest BCUT2D eigenvalue weighted by Gasteiger charge is 2.28. The minimum atomic E-state index is -0.248. The van der Waals surface area contributed by atoms with Gasteiger partial charge in [-0.25, -0.2) is 0 Å². The predicted molar refractivity (Wildman–Crippen MR) is 188 cm³/mol. The van der Waals surface area contributed by atoms with Crippen LogP contribution in [-0.4, -0.2) is 94.3 Å². The number of carbonyl (C=O) groups is 4. The molecule has 1 rings (SSSR count). The standard InChI is InChI=1S/C15H29NO5.C8H11N.C5H7NO3.C2H6S2.C2H6/c17-8-4-2-1-3-5-9-20-13-14-21-11-6-10-19-12-7-16-15-18;1-4-6-7-9-8(3)5-2;1-9-6-4(7)2-3-5(6)8;1-2-4-3;1-2/h8,15H,1-7,9-14H2,(H,16,18);1,6-7H,5H2,2-3H3;2-3H2,1H3;3H,2H2,1H3;1-2H3/b;7-6-,9-8?;;;. The third-order valence-corrected chi connectivity index (χ3v) is 6.11. The number of nitrogens with zero attached hydrogens (tertiary/aromatic N) is 2. The molecule has 0 bridgehead atoms. The van der Waals surface area contributed by atoms with Crippen LogP contribution in [-0.2, 0) is 38.2 Å². The van der Waals surface area contributed by atoms with Crippen LogP contribution < -0.4 is 5.32 Å². The molecule has 1 fully saturated rings. The largest absolute Gasteiger partial charge is 0.380 e. The number of hydrogen-bond acceptors (Lipinski definition) is 11. The second kappa shape index (κ2) is 46.2. The quantitative estimate of drug-likeness (QED) is 0.0284. The zero-order valence-corrected chi connectivity index (χ0v) is 30.1. The van der Waals surface area contributed by atoms with Gasteiger partial charge in [0.15, 0.2) is 0 Å². The zero-order valence-electron chi connectivity index (χ0n) is 28.4. The van der Waals surface area contributed by atoms with Crippen molar-refractivity contribution in [3.05, 3.63) is 12.3 Å². The van der Waals surface area contributed by atoms with E-state index in [9.17, 15) is 19.2 Å². The Morgan fingerprint density at radius 3 is 1.93 bits per heavy atom. The third kappa shape index (κ3) is 44.0. The molecule has 13 heteroatoms. The van der Waals surface area contributed by atoms with Crippen molar-refractivity contribution in [2.45, 2.75) is 92.4 Å². The van der Waals surface area contributed by atoms with Crippen molar-refractivity contribution in [3.63, 3.8) is 0 Å². The summed E-state index contributed by atoms with van der Waals surface area (Å²) in [6, 6.07) is 0. The molecule has 1 aliphatic heterocycles. The van der Waals surface area contributed by atoms with Gasteiger partial charge in [-0.3, -0.25) is 24.2 Å². The van der Waals surface area contributed by atoms with E-state index in [1.165, 1.54) is 7.11 Å². The first-order valence-corrected chi connectivity index (χ1v) is 17.6. The van der Waals surface area contributed by atoms with Crippen LogP contribution in [0.3, 0.4) is 0 Å². The number of hydrogen-bond donors (Lipinski definition) is 2. The highest BCUT2D eigenvalue weighted by atomic mass is 33.1. The number of amides is 3. The van der Waals surface area contributed by atoms with Crippen LogP contribution in [0.1, 0.15) is 92.4 Å². The summed E-state index contributed by atoms with van der Waals surface area (Å²) in [5, 5.41) is 3.32. The Bertz CT molecular complexity index is 738. The summed E-state index contributed by atoms with van der Waals surface area (Å²) in [6.45, 7) is 14.5. The molecule has 0 atom stereocenters. The predicted octanol–water partition coefficient (Wildman–Crippen LogP) is 5.63. The van der Waals surface area contributed by atoms with Crippen molar-refractivity contribution < 1.29 is 38.2 Å². The number of nitrogens with one attached hydrogen (secondary N) is 1. The van der Waals surface area contributed by atoms with Crippen LogP contribution in [0.4, 0.5) is 0 Å². The van der Waals surface area contributed by atoms with Crippen molar-refractivity contribution in [3.8, 4) is 12.3 Å². The van der Waals surface area contributed by atoms with Gasteiger partial charge in [0.2, 0.25) is 6.41 Å². The van der Waals surface area contributed by atoms with Gasteiger partial charge >= 0.3 is 0 Å². The summed E-state index contributed by atoms with van der Waals surface area (Å²) >= 11 is 3.84. The van der Waals surface area contributed by atoms with Crippen LogP contribution >= 0.6 is 22.5 Å². The lowest BCUT2D eigenvalue weighted by Gasteiger charge is -2.07. The van der Waals surface area contributed by atoms with Crippen LogP contribution in [0.15, 0.2) is 17.3 Å². The van der Waals surface area contributed by atoms with Gasteiger partial charge in [-0.15, -0.1) is 18.1 Å². The average Bonchev–Trinajstić information content (AvgIpc) is 3.40. The monoisotopic (exact) mass is 677 g/mol. The number of aliphatic imine (C=N–C) groups is 1. The molecule has 3 amide bonds. The number of aldehydes is 1. The van der Waals surface area contributed by atoms with E-state index in [1.807, 2.05) is 20.8 Å². The molecule has 0 radical (unpaired) electrons. The van der Waals surface area contributed by atoms with E-state index < -0.39 is 0 Å². The van der Waals surface area contributed by atoms with Crippen LogP contribution in [0.25, 0.3) is 0 Å². The molecule has 1 saturated heterocycles. The van der Waals surface area contributed by atoms with E-state index in [4.69, 9.17) is 20.6 Å². The molecule has 0 aliphatic carbocycles. The average molecular weight is 678 g/mol. The van der Waals surface area contributed by atoms with Crippen molar-refractivity contribution in [2.24, 2.45) is 4.99 Å². The summed E-state index contributed by atoms with van der Waals surface area (Å²) in [7, 11) is 2.86. The highest BCUT2D eigenvalue weighted by molar-refractivity contribution is 8.68. The molecule has 11 nitrogen and oxygen atoms in total. The summed E-state index contributed by atoms with van der Waals surface area (Å²) in [5.74, 6) is 2.96. The molecule has 1 aliphatic rings. The maximum absolute atomic E-state index is 10.6. The smallest absolute Gasteiger partial charge is 0.253 e. The summed E-state index contributed by atoms with van der Waals surface area (Å²) in [5.41, 5.74) is 1.10. The van der Waals surface area contributed by atoms with Crippen LogP contribution in [0.5, 0.6) is 0 Å². The van der Waals surface area contributed by atoms with Crippen LogP contribution in [0, 0.1) is 12.3 Å². The maximum atomic E-state index is 10.6. The van der Waals surface area contributed by atoms with Gasteiger partial charge < -0.3 is 24.3 Å². The SMILES string of the molecule is C#C/C=C\N=C(C)CC.CC.CCSS.CON1C(=O)CCC1=O.O=CCCCCCCOCCOCCCOCCNC=O. The highest BCUT2D eigenvalue weighted by Crippen LogP contribution is 2.10. The summed E-state index contributed by atoms with van der Waals surface area (Å²) in [6.07, 6.45) is 17.1. The lowest BCUT2D eigenvalue weighted by molar-refractivity contribution is -0.179. The second-order valence-electron chi connectivity index (χ2n) is 8.51. The molecule has 1 heterocycles. The number of terminal acetylenes is 1. The number of imide groups is 1. The zero-order chi connectivity index (χ0) is 34.8. The molecule has 0 saturated carbocycles. The molecule has 0 aromatic heterocycles. The van der Waals surface area contributed by atoms with Crippen molar-refractivity contribution in [1.29, 1.82) is 0 Å². The number of allylic oxidation sites excluding steroid dienone is 1. The minimum Gasteiger partial charge on any atom is -0.380 e. The molecular weight excluding hydrogens is 618 g/mol. The fourth-order valence-electron chi connectivity index (χ4n) is 2.72. The van der Waals surface area contributed by atoms with E-state index in [1.54, 1.807) is 23.1 Å². The van der Waals surface area contributed by atoms with Crippen molar-refractivity contribution in [1.82, 2.24) is 10.4 Å². The molecule has 45 heavy (non-hydrogen) atoms. The van der Waals surface area contributed by atoms with Crippen LogP contribution in [0.2, 0.25) is 0 Å². The van der Waals surface area contributed by atoms with Gasteiger partial charge in [-0.05, 0) is 32.6 Å². The molecule has 262 valence electrons. The fraction of sp³-hybridized carbons (Fsp3) is 0.719. The molecule has 0 aromatic carbocycles. The first kappa shape index (κ1) is 49.7. The topological polar surface area (TPSA) is 133 Å². The molecule has 1 N–H and O–H groups in total. The first-order chi connectivity index (χ1) is 21.9. The van der Waals surface area contributed by atoms with Gasteiger partial charge in [0.1, 0.15) is 6.29 Å². The first-order valence-electron chi connectivity index (χ1n) is 15.5. The Kier molecular flexibility index (Phi) is 51.0. The van der Waals surface area contributed by atoms with Crippen molar-refractivity contribution >= 4 is 52.7 Å². The van der Waals surface area contributed by atoms with E-state index >= 15 is 0 Å². The second-order valence-corrected chi connectivity index (χ2v) is 10.1. The Balaban J connectivity index is -0.000000287. The number of carbonyl (C=O) groups excluding carboxylic acids is 4. The third-order valence-electron chi connectivity index (χ3n) is 5.08. The van der Waals surface area contributed by atoms with E-state index in [-0.39, 0.29) is 24.7 Å². The van der Waals surface area contributed by atoms with E-state index in [2.05, 4.69) is 46.6 Å². The Morgan fingerprint density at radius 2 is 1.49 bits per heavy atom. The van der Waals surface area contributed by atoms with Gasteiger partial charge in [0.25, 0.3) is 11.8 Å². The number of hydroxylamine groups is 2. The fourth-order valence-corrected chi connectivity index (χ4v) is 2.72. The van der Waals surface area contributed by atoms with E-state index in [0.717, 1.165) is 67.9 Å². The lowest BCUT2D eigenvalue weighted by Crippen LogP contribution is -2.27. The van der Waals surface area contributed by atoms with Gasteiger partial charge in [-0.1, -0.05) is 57.3 Å². The molecular formula is C32H59N3O8S2. The summed E-state index contributed by atoms with van der Waals surface area (Å²) in [4.78, 5) is 49.7. The van der Waals surface area contributed by atoms with Crippen molar-refractivity contribution in [2.75, 3.05) is 59.0 Å². The number of rotatable bonds is 22. The van der Waals surface area contributed by atoms with Gasteiger partial charge in [-0.2, -0.15) is 5.06 Å². The minimum absolute atomic E-state index is 0.248.